The van der Waals surface area contributed by atoms with E-state index in [2.05, 4.69) is 0 Å². The monoisotopic (exact) mass is 243 g/mol. The summed E-state index contributed by atoms with van der Waals surface area (Å²) in [5.41, 5.74) is -0.508. The Labute approximate surface area is 86.9 Å². The molecule has 1 N–H and O–H groups in total. The molecule has 0 bridgehead atoms. The fraction of sp³-hybridized carbons (Fsp3) is 0.429. The van der Waals surface area contributed by atoms with Crippen LogP contribution in [0.2, 0.25) is 0 Å². The number of carbonyl (C=O) groups is 2. The van der Waals surface area contributed by atoms with E-state index in [0.29, 0.717) is 4.90 Å². The molecule has 0 aromatic rings. The minimum absolute atomic E-state index is 0.297. The van der Waals surface area contributed by atoms with Crippen molar-refractivity contribution >= 4 is 22.8 Å². The summed E-state index contributed by atoms with van der Waals surface area (Å²) >= 11 is 4.96. The molecule has 0 aromatic heterocycles. The van der Waals surface area contributed by atoms with Gasteiger partial charge in [-0.15, -0.1) is 0 Å². The summed E-state index contributed by atoms with van der Waals surface area (Å²) in [6.45, 7) is -2.14. The van der Waals surface area contributed by atoms with Crippen molar-refractivity contribution in [3.05, 3.63) is 11.3 Å². The lowest BCUT2D eigenvalue weighted by Crippen LogP contribution is -2.36. The first kappa shape index (κ1) is 11.8. The van der Waals surface area contributed by atoms with E-state index < -0.39 is 41.7 Å². The lowest BCUT2D eigenvalue weighted by atomic mass is 10.3. The van der Waals surface area contributed by atoms with E-state index >= 15 is 0 Å². The van der Waals surface area contributed by atoms with E-state index in [4.69, 9.17) is 16.7 Å². The van der Waals surface area contributed by atoms with Crippen LogP contribution in [0.25, 0.3) is 0 Å². The van der Waals surface area contributed by atoms with Crippen LogP contribution in [0, 0.1) is 0 Å². The van der Waals surface area contributed by atoms with E-state index in [0.717, 1.165) is 0 Å². The van der Waals surface area contributed by atoms with Crippen molar-refractivity contribution in [2.75, 3.05) is 13.1 Å². The summed E-state index contributed by atoms with van der Waals surface area (Å²) in [4.78, 5) is 21.9. The number of aliphatic hydroxyl groups excluding tert-OH is 1. The van der Waals surface area contributed by atoms with Crippen LogP contribution in [0.1, 0.15) is 0 Å². The van der Waals surface area contributed by atoms with Gasteiger partial charge in [-0.1, -0.05) is 0 Å². The minimum Gasteiger partial charge on any atom is -0.503 e. The van der Waals surface area contributed by atoms with Crippen molar-refractivity contribution in [3.63, 3.8) is 0 Å². The average molecular weight is 244 g/mol. The van der Waals surface area contributed by atoms with E-state index in [1.807, 2.05) is 0 Å². The van der Waals surface area contributed by atoms with Crippen molar-refractivity contribution < 1.29 is 27.9 Å². The number of hydrogen-bond acceptors (Lipinski definition) is 3. The number of carbonyl (C=O) groups excluding carboxylic acids is 2. The summed E-state index contributed by atoms with van der Waals surface area (Å²) in [6.07, 6.45) is -4.58. The van der Waals surface area contributed by atoms with Gasteiger partial charge in [0.2, 0.25) is 0 Å². The van der Waals surface area contributed by atoms with Crippen LogP contribution in [0.3, 0.4) is 0 Å². The van der Waals surface area contributed by atoms with Crippen LogP contribution >= 0.6 is 11.6 Å². The molecule has 0 fully saturated rings. The van der Waals surface area contributed by atoms with Gasteiger partial charge in [0, 0.05) is 0 Å². The molecule has 1 heterocycles. The molecule has 0 unspecified atom stereocenters. The molecule has 1 amide bonds. The Morgan fingerprint density at radius 1 is 1.53 bits per heavy atom. The Kier molecular flexibility index (Phi) is 2.94. The van der Waals surface area contributed by atoms with E-state index in [1.54, 1.807) is 0 Å². The molecule has 15 heavy (non-hydrogen) atoms. The fourth-order valence-corrected chi connectivity index (χ4v) is 1.27. The molecule has 84 valence electrons. The third-order valence-corrected chi connectivity index (χ3v) is 1.96. The van der Waals surface area contributed by atoms with Gasteiger partial charge in [0.1, 0.15) is 6.54 Å². The van der Waals surface area contributed by atoms with Crippen molar-refractivity contribution in [2.24, 2.45) is 0 Å². The first-order valence-electron chi connectivity index (χ1n) is 3.70. The zero-order valence-corrected chi connectivity index (χ0v) is 7.89. The lowest BCUT2D eigenvalue weighted by molar-refractivity contribution is -0.157. The lowest BCUT2D eigenvalue weighted by Gasteiger charge is -2.17. The molecule has 1 aliphatic rings. The highest BCUT2D eigenvalue weighted by atomic mass is 35.5. The van der Waals surface area contributed by atoms with Crippen molar-refractivity contribution in [3.8, 4) is 0 Å². The van der Waals surface area contributed by atoms with Crippen LogP contribution in [0.15, 0.2) is 11.3 Å². The zero-order valence-electron chi connectivity index (χ0n) is 7.14. The zero-order chi connectivity index (χ0) is 11.8. The summed E-state index contributed by atoms with van der Waals surface area (Å²) in [5.74, 6) is -2.25. The van der Waals surface area contributed by atoms with Crippen LogP contribution in [-0.4, -0.2) is 40.4 Å². The predicted octanol–water partition coefficient (Wildman–Crippen LogP) is 0.968. The number of nitrogens with zero attached hydrogens (tertiary/aromatic N) is 1. The van der Waals surface area contributed by atoms with Crippen LogP contribution in [-0.2, 0) is 9.59 Å². The quantitative estimate of drug-likeness (QED) is 0.735. The van der Waals surface area contributed by atoms with Gasteiger partial charge in [-0.05, 0) is 11.6 Å². The molecule has 0 aliphatic carbocycles. The van der Waals surface area contributed by atoms with Crippen molar-refractivity contribution in [2.45, 2.75) is 6.18 Å². The number of alkyl halides is 3. The SMILES string of the molecule is O=C(Cl)C1=C(O)C(=O)N(CC(F)(F)F)C1. The summed E-state index contributed by atoms with van der Waals surface area (Å²) in [7, 11) is 0. The Hall–Kier alpha value is -1.24. The van der Waals surface area contributed by atoms with Gasteiger partial charge in [-0.2, -0.15) is 13.2 Å². The Balaban J connectivity index is 2.80. The molecule has 0 spiro atoms. The summed E-state index contributed by atoms with van der Waals surface area (Å²) < 4.78 is 35.8. The van der Waals surface area contributed by atoms with Crippen LogP contribution in [0.4, 0.5) is 13.2 Å². The normalized spacial score (nSPS) is 17.6. The second-order valence-electron chi connectivity index (χ2n) is 2.88. The van der Waals surface area contributed by atoms with Crippen molar-refractivity contribution in [1.82, 2.24) is 4.90 Å². The van der Waals surface area contributed by atoms with Gasteiger partial charge in [0.15, 0.2) is 5.76 Å². The third-order valence-electron chi connectivity index (χ3n) is 1.73. The Bertz CT molecular complexity index is 350. The summed E-state index contributed by atoms with van der Waals surface area (Å²) in [5, 5.41) is 7.88. The maximum atomic E-state index is 11.9. The average Bonchev–Trinajstić information content (AvgIpc) is 2.30. The number of amides is 1. The highest BCUT2D eigenvalue weighted by Crippen LogP contribution is 2.24. The topological polar surface area (TPSA) is 57.6 Å². The molecule has 0 radical (unpaired) electrons. The fourth-order valence-electron chi connectivity index (χ4n) is 1.12. The second kappa shape index (κ2) is 3.73. The second-order valence-corrected chi connectivity index (χ2v) is 3.22. The molecule has 1 aliphatic heterocycles. The first-order chi connectivity index (χ1) is 6.72. The van der Waals surface area contributed by atoms with Gasteiger partial charge in [-0.25, -0.2) is 0 Å². The molecule has 0 aromatic carbocycles. The molecular formula is C7H5ClF3NO3. The van der Waals surface area contributed by atoms with Crippen LogP contribution < -0.4 is 0 Å². The highest BCUT2D eigenvalue weighted by molar-refractivity contribution is 6.68. The largest absolute Gasteiger partial charge is 0.503 e. The summed E-state index contributed by atoms with van der Waals surface area (Å²) in [6, 6.07) is 0. The van der Waals surface area contributed by atoms with Gasteiger partial charge in [-0.3, -0.25) is 9.59 Å². The smallest absolute Gasteiger partial charge is 0.406 e. The maximum Gasteiger partial charge on any atom is 0.406 e. The Morgan fingerprint density at radius 2 is 2.07 bits per heavy atom. The molecule has 8 heteroatoms. The van der Waals surface area contributed by atoms with E-state index in [9.17, 15) is 22.8 Å². The van der Waals surface area contributed by atoms with Crippen molar-refractivity contribution in [1.29, 1.82) is 0 Å². The maximum absolute atomic E-state index is 11.9. The molecule has 4 nitrogen and oxygen atoms in total. The minimum atomic E-state index is -4.58. The molecule has 1 rings (SSSR count). The number of rotatable bonds is 2. The van der Waals surface area contributed by atoms with E-state index in [-0.39, 0.29) is 0 Å². The molecule has 0 saturated carbocycles. The van der Waals surface area contributed by atoms with Gasteiger partial charge >= 0.3 is 6.18 Å². The standard InChI is InChI=1S/C7H5ClF3NO3/c8-5(14)3-1-12(2-7(9,10)11)6(15)4(3)13/h13H,1-2H2. The highest BCUT2D eigenvalue weighted by Gasteiger charge is 2.40. The Morgan fingerprint density at radius 3 is 2.40 bits per heavy atom. The predicted molar refractivity (Wildman–Crippen MR) is 43.1 cm³/mol. The van der Waals surface area contributed by atoms with Gasteiger partial charge in [0.25, 0.3) is 11.1 Å². The molecular weight excluding hydrogens is 239 g/mol. The third kappa shape index (κ3) is 2.62. The molecule has 0 saturated heterocycles. The number of aliphatic hydroxyl groups is 1. The molecule has 0 atom stereocenters. The van der Waals surface area contributed by atoms with Gasteiger partial charge < -0.3 is 10.0 Å². The first-order valence-corrected chi connectivity index (χ1v) is 4.08. The van der Waals surface area contributed by atoms with E-state index in [1.165, 1.54) is 0 Å². The number of hydrogen-bond donors (Lipinski definition) is 1. The number of halogens is 4. The van der Waals surface area contributed by atoms with Crippen LogP contribution in [0.5, 0.6) is 0 Å². The van der Waals surface area contributed by atoms with Gasteiger partial charge in [0.05, 0.1) is 12.1 Å².